The number of nitrogens with zero attached hydrogens (tertiary/aromatic N) is 6. The number of rotatable bonds is 13. The second-order valence-electron chi connectivity index (χ2n) is 14.1. The zero-order valence-electron chi connectivity index (χ0n) is 36.5. The molecule has 316 valence electrons. The van der Waals surface area contributed by atoms with E-state index in [2.05, 4.69) is 100 Å². The highest BCUT2D eigenvalue weighted by Gasteiger charge is 2.14. The van der Waals surface area contributed by atoms with Crippen LogP contribution in [0.5, 0.6) is 0 Å². The molecular formula is C46H66N6O6. The van der Waals surface area contributed by atoms with E-state index in [4.69, 9.17) is 0 Å². The first kappa shape index (κ1) is 48.6. The SMILES string of the molecule is CCCn1c(=O)n(CCC)c(=O)n(CCC)c1=O.CCc1cccc(CC)c1.CCn1c(=O)n(CC)c(=O)n(CC)c1=O.Cc1ccc(Cc2ccc(C)cc2)cc1. The molecule has 0 amide bonds. The van der Waals surface area contributed by atoms with Crippen LogP contribution in [0, 0.1) is 13.8 Å². The average molecular weight is 799 g/mol. The smallest absolute Gasteiger partial charge is 0.247 e. The molecule has 0 unspecified atom stereocenters. The highest BCUT2D eigenvalue weighted by molar-refractivity contribution is 5.30. The van der Waals surface area contributed by atoms with Crippen LogP contribution >= 0.6 is 0 Å². The Balaban J connectivity index is 0.000000271. The molecule has 12 heteroatoms. The summed E-state index contributed by atoms with van der Waals surface area (Å²) in [5, 5.41) is 0. The lowest BCUT2D eigenvalue weighted by atomic mass is 10.0. The molecule has 0 saturated heterocycles. The largest absolute Gasteiger partial charge is 0.336 e. The molecule has 12 nitrogen and oxygen atoms in total. The summed E-state index contributed by atoms with van der Waals surface area (Å²) >= 11 is 0. The zero-order chi connectivity index (χ0) is 43.4. The molecule has 2 heterocycles. The molecular weight excluding hydrogens is 733 g/mol. The first-order valence-electron chi connectivity index (χ1n) is 20.8. The topological polar surface area (TPSA) is 132 Å². The lowest BCUT2D eigenvalue weighted by molar-refractivity contribution is 0.438. The van der Waals surface area contributed by atoms with Gasteiger partial charge in [0.1, 0.15) is 0 Å². The van der Waals surface area contributed by atoms with Crippen molar-refractivity contribution in [2.24, 2.45) is 0 Å². The Hall–Kier alpha value is -5.52. The van der Waals surface area contributed by atoms with Crippen molar-refractivity contribution < 1.29 is 0 Å². The van der Waals surface area contributed by atoms with E-state index in [1.165, 1.54) is 33.4 Å². The Morgan fingerprint density at radius 2 is 0.638 bits per heavy atom. The van der Waals surface area contributed by atoms with Crippen LogP contribution in [-0.2, 0) is 58.5 Å². The van der Waals surface area contributed by atoms with Gasteiger partial charge in [-0.15, -0.1) is 0 Å². The Kier molecular flexibility index (Phi) is 20.9. The summed E-state index contributed by atoms with van der Waals surface area (Å²) in [5.74, 6) is 0. The van der Waals surface area contributed by atoms with Gasteiger partial charge in [-0.05, 0) is 95.4 Å². The number of hydrogen-bond acceptors (Lipinski definition) is 6. The van der Waals surface area contributed by atoms with E-state index in [1.54, 1.807) is 20.8 Å². The minimum absolute atomic E-state index is 0.276. The van der Waals surface area contributed by atoms with Gasteiger partial charge >= 0.3 is 34.1 Å². The first-order chi connectivity index (χ1) is 27.8. The third-order valence-corrected chi connectivity index (χ3v) is 9.52. The minimum Gasteiger partial charge on any atom is -0.247 e. The van der Waals surface area contributed by atoms with E-state index in [0.29, 0.717) is 38.9 Å². The molecule has 0 aliphatic rings. The predicted molar refractivity (Wildman–Crippen MR) is 237 cm³/mol. The molecule has 3 aromatic carbocycles. The number of aryl methyl sites for hydroxylation is 4. The van der Waals surface area contributed by atoms with Crippen molar-refractivity contribution in [1.29, 1.82) is 0 Å². The van der Waals surface area contributed by atoms with Gasteiger partial charge in [0.2, 0.25) is 0 Å². The van der Waals surface area contributed by atoms with Crippen LogP contribution in [-0.4, -0.2) is 27.4 Å². The van der Waals surface area contributed by atoms with Gasteiger partial charge in [-0.25, -0.2) is 56.2 Å². The second-order valence-corrected chi connectivity index (χ2v) is 14.1. The van der Waals surface area contributed by atoms with Gasteiger partial charge in [0, 0.05) is 39.3 Å². The zero-order valence-corrected chi connectivity index (χ0v) is 36.5. The Morgan fingerprint density at radius 1 is 0.362 bits per heavy atom. The molecule has 0 radical (unpaired) electrons. The molecule has 5 rings (SSSR count). The van der Waals surface area contributed by atoms with Crippen LogP contribution in [0.4, 0.5) is 0 Å². The Bertz CT molecular complexity index is 2100. The maximum atomic E-state index is 12.1. The predicted octanol–water partition coefficient (Wildman–Crippen LogP) is 6.34. The summed E-state index contributed by atoms with van der Waals surface area (Å²) in [6.45, 7) is 21.3. The van der Waals surface area contributed by atoms with Crippen LogP contribution in [0.3, 0.4) is 0 Å². The summed E-state index contributed by atoms with van der Waals surface area (Å²) in [6, 6.07) is 26.3. The van der Waals surface area contributed by atoms with Gasteiger partial charge in [0.05, 0.1) is 0 Å². The number of hydrogen-bond donors (Lipinski definition) is 0. The van der Waals surface area contributed by atoms with Crippen molar-refractivity contribution in [2.75, 3.05) is 0 Å². The quantitative estimate of drug-likeness (QED) is 0.137. The highest BCUT2D eigenvalue weighted by atomic mass is 16.2. The van der Waals surface area contributed by atoms with E-state index in [1.807, 2.05) is 20.8 Å². The van der Waals surface area contributed by atoms with Crippen LogP contribution in [0.15, 0.2) is 102 Å². The first-order valence-corrected chi connectivity index (χ1v) is 20.8. The Morgan fingerprint density at radius 3 is 0.879 bits per heavy atom. The minimum atomic E-state index is -0.528. The van der Waals surface area contributed by atoms with Crippen LogP contribution in [0.2, 0.25) is 0 Å². The van der Waals surface area contributed by atoms with Crippen molar-refractivity contribution in [1.82, 2.24) is 27.4 Å². The monoisotopic (exact) mass is 799 g/mol. The van der Waals surface area contributed by atoms with Crippen molar-refractivity contribution in [2.45, 2.75) is 147 Å². The van der Waals surface area contributed by atoms with E-state index in [0.717, 1.165) is 46.7 Å². The summed E-state index contributed by atoms with van der Waals surface area (Å²) in [7, 11) is 0. The fourth-order valence-corrected chi connectivity index (χ4v) is 6.14. The molecule has 0 spiro atoms. The van der Waals surface area contributed by atoms with Crippen molar-refractivity contribution >= 4 is 0 Å². The molecule has 0 N–H and O–H groups in total. The lowest BCUT2D eigenvalue weighted by Crippen LogP contribution is -2.54. The fraction of sp³-hybridized carbons (Fsp3) is 0.478. The summed E-state index contributed by atoms with van der Waals surface area (Å²) in [6.07, 6.45) is 5.38. The van der Waals surface area contributed by atoms with Gasteiger partial charge in [-0.2, -0.15) is 0 Å². The van der Waals surface area contributed by atoms with Crippen molar-refractivity contribution in [3.8, 4) is 0 Å². The molecule has 5 aromatic rings. The molecule has 0 aliphatic heterocycles. The average Bonchev–Trinajstić information content (AvgIpc) is 3.22. The van der Waals surface area contributed by atoms with E-state index in [9.17, 15) is 28.8 Å². The summed E-state index contributed by atoms with van der Waals surface area (Å²) in [4.78, 5) is 71.1. The molecule has 0 aliphatic carbocycles. The van der Waals surface area contributed by atoms with Crippen LogP contribution in [0.1, 0.15) is 108 Å². The van der Waals surface area contributed by atoms with E-state index in [-0.39, 0.29) is 19.6 Å². The van der Waals surface area contributed by atoms with Gasteiger partial charge in [0.25, 0.3) is 0 Å². The highest BCUT2D eigenvalue weighted by Crippen LogP contribution is 2.11. The maximum Gasteiger partial charge on any atom is 0.336 e. The summed E-state index contributed by atoms with van der Waals surface area (Å²) < 4.78 is 6.67. The summed E-state index contributed by atoms with van der Waals surface area (Å²) in [5.41, 5.74) is 5.25. The van der Waals surface area contributed by atoms with E-state index < -0.39 is 34.1 Å². The third-order valence-electron chi connectivity index (χ3n) is 9.52. The van der Waals surface area contributed by atoms with Gasteiger partial charge in [-0.1, -0.05) is 119 Å². The van der Waals surface area contributed by atoms with Crippen LogP contribution < -0.4 is 34.1 Å². The molecule has 58 heavy (non-hydrogen) atoms. The third kappa shape index (κ3) is 13.6. The number of aromatic nitrogens is 6. The van der Waals surface area contributed by atoms with Crippen LogP contribution in [0.25, 0.3) is 0 Å². The fourth-order valence-electron chi connectivity index (χ4n) is 6.14. The van der Waals surface area contributed by atoms with Gasteiger partial charge < -0.3 is 0 Å². The van der Waals surface area contributed by atoms with Gasteiger partial charge in [0.15, 0.2) is 0 Å². The molecule has 0 saturated carbocycles. The van der Waals surface area contributed by atoms with Crippen molar-refractivity contribution in [3.05, 3.63) is 169 Å². The standard InChI is InChI=1S/C15H16.C12H21N3O3.C10H14.C9H15N3O3/c1-12-3-7-14(8-4-12)11-15-9-5-13(2)6-10-15;1-4-7-13-10(16)14(8-5-2)12(18)15(9-6-3)11(13)17;1-3-9-6-5-7-10(4-2)8-9;1-4-10-7(13)11(5-2)9(15)12(6-3)8(10)14/h3-10H,11H2,1-2H3;4-9H2,1-3H3;5-8H,3-4H2,1-2H3;4-6H2,1-3H3. The van der Waals surface area contributed by atoms with E-state index >= 15 is 0 Å². The number of benzene rings is 3. The Labute approximate surface area is 342 Å². The molecule has 0 atom stereocenters. The maximum absolute atomic E-state index is 12.1. The lowest BCUT2D eigenvalue weighted by Gasteiger charge is -2.12. The normalized spacial score (nSPS) is 10.4. The van der Waals surface area contributed by atoms with Gasteiger partial charge in [-0.3, -0.25) is 0 Å². The molecule has 0 fully saturated rings. The second kappa shape index (κ2) is 25.0. The van der Waals surface area contributed by atoms with Crippen molar-refractivity contribution in [3.63, 3.8) is 0 Å². The molecule has 0 bridgehead atoms. The molecule has 2 aromatic heterocycles.